The van der Waals surface area contributed by atoms with Crippen molar-refractivity contribution in [3.8, 4) is 0 Å². The van der Waals surface area contributed by atoms with Crippen molar-refractivity contribution in [2.45, 2.75) is 37.0 Å². The highest BCUT2D eigenvalue weighted by Gasteiger charge is 2.42. The molecule has 3 aliphatic rings. The molecule has 0 radical (unpaired) electrons. The Balaban J connectivity index is 1.71. The third kappa shape index (κ3) is 2.31. The molecule has 3 rings (SSSR count). The normalized spacial score (nSPS) is 30.2. The van der Waals surface area contributed by atoms with E-state index in [4.69, 9.17) is 16.2 Å². The molecule has 0 spiro atoms. The number of imide groups is 1. The Bertz CT molecular complexity index is 447. The fourth-order valence-corrected chi connectivity index (χ4v) is 3.63. The summed E-state index contributed by atoms with van der Waals surface area (Å²) in [5.41, 5.74) is 12.7. The number of carbonyl (C=O) groups is 2. The van der Waals surface area contributed by atoms with E-state index < -0.39 is 5.18 Å². The van der Waals surface area contributed by atoms with Crippen LogP contribution in [0.4, 0.5) is 0 Å². The smallest absolute Gasteiger partial charge is 0.257 e. The topological polar surface area (TPSA) is 98.6 Å². The van der Waals surface area contributed by atoms with Crippen molar-refractivity contribution in [1.82, 2.24) is 4.90 Å². The molecule has 2 aliphatic heterocycles. The van der Waals surface area contributed by atoms with Crippen LogP contribution in [-0.4, -0.2) is 40.3 Å². The van der Waals surface area contributed by atoms with Crippen molar-refractivity contribution < 1.29 is 14.3 Å². The van der Waals surface area contributed by atoms with Gasteiger partial charge < -0.3 is 4.74 Å². The molecule has 1 saturated heterocycles. The van der Waals surface area contributed by atoms with Crippen molar-refractivity contribution in [3.05, 3.63) is 11.1 Å². The van der Waals surface area contributed by atoms with Crippen molar-refractivity contribution in [2.75, 3.05) is 12.3 Å². The summed E-state index contributed by atoms with van der Waals surface area (Å²) in [6, 6.07) is 0. The Morgan fingerprint density at radius 1 is 1.21 bits per heavy atom. The number of carbonyl (C=O) groups excluding carboxylic acids is 2. The molecule has 7 heteroatoms. The van der Waals surface area contributed by atoms with E-state index in [1.54, 1.807) is 0 Å². The minimum Gasteiger partial charge on any atom is -0.333 e. The molecular weight excluding hydrogens is 266 g/mol. The molecule has 1 aliphatic carbocycles. The molecule has 6 nitrogen and oxygen atoms in total. The first-order chi connectivity index (χ1) is 8.98. The van der Waals surface area contributed by atoms with Crippen LogP contribution in [0.2, 0.25) is 0 Å². The van der Waals surface area contributed by atoms with Crippen molar-refractivity contribution in [2.24, 2.45) is 11.5 Å². The molecule has 2 heterocycles. The van der Waals surface area contributed by atoms with Gasteiger partial charge in [-0.15, -0.1) is 0 Å². The van der Waals surface area contributed by atoms with Gasteiger partial charge in [-0.05, 0) is 25.7 Å². The number of rotatable bonds is 2. The molecule has 0 saturated carbocycles. The summed E-state index contributed by atoms with van der Waals surface area (Å²) in [6.45, 7) is 0.244. The molecule has 0 aromatic carbocycles. The minimum atomic E-state index is -1.20. The fraction of sp³-hybridized carbons (Fsp3) is 0.667. The van der Waals surface area contributed by atoms with Gasteiger partial charge in [0.1, 0.15) is 0 Å². The van der Waals surface area contributed by atoms with Crippen LogP contribution in [0.15, 0.2) is 11.1 Å². The Morgan fingerprint density at radius 2 is 1.79 bits per heavy atom. The molecule has 4 N–H and O–H groups in total. The van der Waals surface area contributed by atoms with E-state index in [9.17, 15) is 9.59 Å². The van der Waals surface area contributed by atoms with E-state index in [0.29, 0.717) is 29.7 Å². The lowest BCUT2D eigenvalue weighted by molar-refractivity contribution is -0.140. The van der Waals surface area contributed by atoms with Gasteiger partial charge in [0.2, 0.25) is 5.18 Å². The van der Waals surface area contributed by atoms with Gasteiger partial charge in [-0.25, -0.2) is 0 Å². The van der Waals surface area contributed by atoms with Crippen LogP contribution in [0.3, 0.4) is 0 Å². The van der Waals surface area contributed by atoms with E-state index in [1.165, 1.54) is 16.7 Å². The maximum Gasteiger partial charge on any atom is 0.257 e. The molecule has 104 valence electrons. The maximum atomic E-state index is 12.2. The van der Waals surface area contributed by atoms with Gasteiger partial charge in [-0.1, -0.05) is 11.8 Å². The van der Waals surface area contributed by atoms with Crippen LogP contribution in [0, 0.1) is 0 Å². The molecule has 0 aromatic rings. The van der Waals surface area contributed by atoms with E-state index in [0.717, 1.165) is 12.8 Å². The highest BCUT2D eigenvalue weighted by molar-refractivity contribution is 8.00. The monoisotopic (exact) mass is 283 g/mol. The van der Waals surface area contributed by atoms with Gasteiger partial charge in [0.25, 0.3) is 11.8 Å². The number of nitrogens with two attached hydrogens (primary N) is 2. The SMILES string of the molecule is NC1(N)OC(CN2C(=O)C3=C(CCCC3)C2=O)CS1. The first-order valence-corrected chi connectivity index (χ1v) is 7.44. The number of ether oxygens (including phenoxy) is 1. The summed E-state index contributed by atoms with van der Waals surface area (Å²) in [5, 5.41) is -1.20. The summed E-state index contributed by atoms with van der Waals surface area (Å²) in [5.74, 6) is 0.286. The predicted molar refractivity (Wildman–Crippen MR) is 70.7 cm³/mol. The lowest BCUT2D eigenvalue weighted by atomic mass is 9.93. The number of hydrogen-bond acceptors (Lipinski definition) is 6. The zero-order chi connectivity index (χ0) is 13.6. The Hall–Kier alpha value is -0.890. The molecule has 0 aromatic heterocycles. The second-order valence-electron chi connectivity index (χ2n) is 5.16. The van der Waals surface area contributed by atoms with Gasteiger partial charge in [0, 0.05) is 16.9 Å². The number of amides is 2. The van der Waals surface area contributed by atoms with Crippen LogP contribution in [-0.2, 0) is 14.3 Å². The lowest BCUT2D eigenvalue weighted by Crippen LogP contribution is -2.48. The van der Waals surface area contributed by atoms with Gasteiger partial charge in [-0.3, -0.25) is 26.0 Å². The van der Waals surface area contributed by atoms with Crippen LogP contribution in [0.25, 0.3) is 0 Å². The minimum absolute atomic E-state index is 0.153. The van der Waals surface area contributed by atoms with Gasteiger partial charge in [0.15, 0.2) is 0 Å². The molecule has 1 unspecified atom stereocenters. The third-order valence-corrected chi connectivity index (χ3v) is 4.79. The predicted octanol–water partition coefficient (Wildman–Crippen LogP) is -0.114. The van der Waals surface area contributed by atoms with Gasteiger partial charge >= 0.3 is 0 Å². The number of nitrogens with zero attached hydrogens (tertiary/aromatic N) is 1. The number of hydrogen-bond donors (Lipinski definition) is 2. The van der Waals surface area contributed by atoms with Gasteiger partial charge in [0.05, 0.1) is 12.6 Å². The Morgan fingerprint density at radius 3 is 2.26 bits per heavy atom. The lowest BCUT2D eigenvalue weighted by Gasteiger charge is -2.21. The average molecular weight is 283 g/mol. The highest BCUT2D eigenvalue weighted by Crippen LogP contribution is 2.34. The second kappa shape index (κ2) is 4.59. The zero-order valence-electron chi connectivity index (χ0n) is 10.6. The molecular formula is C12H17N3O3S. The molecule has 2 amide bonds. The van der Waals surface area contributed by atoms with E-state index in [2.05, 4.69) is 0 Å². The Kier molecular flexibility index (Phi) is 3.17. The second-order valence-corrected chi connectivity index (χ2v) is 6.42. The number of thioether (sulfide) groups is 1. The summed E-state index contributed by atoms with van der Waals surface area (Å²) in [7, 11) is 0. The first kappa shape index (κ1) is 13.1. The molecule has 1 fully saturated rings. The summed E-state index contributed by atoms with van der Waals surface area (Å²) in [4.78, 5) is 25.7. The third-order valence-electron chi connectivity index (χ3n) is 3.71. The largest absolute Gasteiger partial charge is 0.333 e. The van der Waals surface area contributed by atoms with Gasteiger partial charge in [-0.2, -0.15) is 0 Å². The molecule has 1 atom stereocenters. The first-order valence-electron chi connectivity index (χ1n) is 6.46. The fourth-order valence-electron chi connectivity index (χ4n) is 2.81. The van der Waals surface area contributed by atoms with E-state index in [1.807, 2.05) is 0 Å². The van der Waals surface area contributed by atoms with Crippen molar-refractivity contribution in [1.29, 1.82) is 0 Å². The maximum absolute atomic E-state index is 12.2. The van der Waals surface area contributed by atoms with E-state index >= 15 is 0 Å². The quantitative estimate of drug-likeness (QED) is 0.542. The van der Waals surface area contributed by atoms with Crippen LogP contribution in [0.5, 0.6) is 0 Å². The zero-order valence-corrected chi connectivity index (χ0v) is 11.4. The van der Waals surface area contributed by atoms with E-state index in [-0.39, 0.29) is 24.5 Å². The standard InChI is InChI=1S/C12H17N3O3S/c13-12(14)18-7(6-19-12)5-15-10(16)8-3-1-2-4-9(8)11(15)17/h7H,1-6,13-14H2. The summed E-state index contributed by atoms with van der Waals surface area (Å²) < 4.78 is 5.41. The van der Waals surface area contributed by atoms with Crippen molar-refractivity contribution in [3.63, 3.8) is 0 Å². The highest BCUT2D eigenvalue weighted by atomic mass is 32.2. The Labute approximate surface area is 115 Å². The van der Waals surface area contributed by atoms with Crippen LogP contribution in [0.1, 0.15) is 25.7 Å². The van der Waals surface area contributed by atoms with Crippen molar-refractivity contribution >= 4 is 23.6 Å². The summed E-state index contributed by atoms with van der Waals surface area (Å²) >= 11 is 1.29. The van der Waals surface area contributed by atoms with Crippen LogP contribution >= 0.6 is 11.8 Å². The summed E-state index contributed by atoms with van der Waals surface area (Å²) in [6.07, 6.45) is 3.11. The molecule has 19 heavy (non-hydrogen) atoms. The average Bonchev–Trinajstić information content (AvgIpc) is 2.83. The van der Waals surface area contributed by atoms with Crippen LogP contribution < -0.4 is 11.5 Å². The molecule has 0 bridgehead atoms.